The summed E-state index contributed by atoms with van der Waals surface area (Å²) in [5.41, 5.74) is 3.49. The molecule has 0 amide bonds. The first-order valence-corrected chi connectivity index (χ1v) is 6.07. The van der Waals surface area contributed by atoms with E-state index >= 15 is 0 Å². The Hall–Kier alpha value is -1.32. The van der Waals surface area contributed by atoms with E-state index in [9.17, 15) is 0 Å². The second kappa shape index (κ2) is 3.86. The number of rotatable bonds is 2. The molecule has 1 aliphatic rings. The lowest BCUT2D eigenvalue weighted by atomic mass is 10.1. The predicted octanol–water partition coefficient (Wildman–Crippen LogP) is 3.68. The molecule has 0 bridgehead atoms. The molecule has 0 atom stereocenters. The predicted molar refractivity (Wildman–Crippen MR) is 66.8 cm³/mol. The summed E-state index contributed by atoms with van der Waals surface area (Å²) in [5, 5.41) is 1.24. The van der Waals surface area contributed by atoms with E-state index in [2.05, 4.69) is 43.1 Å². The van der Waals surface area contributed by atoms with Crippen molar-refractivity contribution in [1.82, 2.24) is 4.98 Å². The lowest BCUT2D eigenvalue weighted by Gasteiger charge is -2.33. The molecule has 0 spiro atoms. The van der Waals surface area contributed by atoms with Crippen LogP contribution in [0.2, 0.25) is 0 Å². The fourth-order valence-electron chi connectivity index (χ4n) is 2.14. The molecule has 1 aliphatic heterocycles. The van der Waals surface area contributed by atoms with Crippen LogP contribution in [0.3, 0.4) is 0 Å². The highest BCUT2D eigenvalue weighted by atomic mass is 16.9. The summed E-state index contributed by atoms with van der Waals surface area (Å²) in [6.07, 6.45) is -0.272. The molecule has 0 aliphatic carbocycles. The van der Waals surface area contributed by atoms with Gasteiger partial charge in [0.2, 0.25) is 0 Å². The van der Waals surface area contributed by atoms with Crippen molar-refractivity contribution in [3.8, 4) is 0 Å². The highest BCUT2D eigenvalue weighted by Gasteiger charge is 2.28. The average molecular weight is 231 g/mol. The minimum atomic E-state index is -0.194. The van der Waals surface area contributed by atoms with Crippen molar-refractivity contribution >= 4 is 10.9 Å². The maximum Gasteiger partial charge on any atom is 0.189 e. The van der Waals surface area contributed by atoms with Crippen LogP contribution in [-0.2, 0) is 9.47 Å². The van der Waals surface area contributed by atoms with Crippen molar-refractivity contribution in [2.45, 2.75) is 39.3 Å². The van der Waals surface area contributed by atoms with Crippen molar-refractivity contribution in [2.24, 2.45) is 0 Å². The third kappa shape index (κ3) is 1.85. The SMILES string of the molecule is CC1OC(c2ccc3cc(C(C)C)[nH]c3c2)O1. The van der Waals surface area contributed by atoms with Gasteiger partial charge in [-0.2, -0.15) is 0 Å². The molecule has 1 N–H and O–H groups in total. The highest BCUT2D eigenvalue weighted by molar-refractivity contribution is 5.81. The van der Waals surface area contributed by atoms with Gasteiger partial charge < -0.3 is 14.5 Å². The summed E-state index contributed by atoms with van der Waals surface area (Å²) >= 11 is 0. The van der Waals surface area contributed by atoms with Gasteiger partial charge >= 0.3 is 0 Å². The van der Waals surface area contributed by atoms with Crippen LogP contribution in [0.1, 0.15) is 44.2 Å². The van der Waals surface area contributed by atoms with Crippen LogP contribution in [0.25, 0.3) is 10.9 Å². The van der Waals surface area contributed by atoms with Crippen LogP contribution >= 0.6 is 0 Å². The number of fused-ring (bicyclic) bond motifs is 1. The van der Waals surface area contributed by atoms with Gasteiger partial charge in [0.15, 0.2) is 12.6 Å². The molecular formula is C14H17NO2. The fourth-order valence-corrected chi connectivity index (χ4v) is 2.14. The van der Waals surface area contributed by atoms with Gasteiger partial charge in [0.25, 0.3) is 0 Å². The molecule has 0 unspecified atom stereocenters. The summed E-state index contributed by atoms with van der Waals surface area (Å²) in [6, 6.07) is 8.49. The maximum atomic E-state index is 5.49. The third-order valence-corrected chi connectivity index (χ3v) is 3.19. The Bertz CT molecular complexity index is 538. The number of H-pyrrole nitrogens is 1. The molecule has 1 fully saturated rings. The zero-order valence-electron chi connectivity index (χ0n) is 10.4. The number of aromatic nitrogens is 1. The van der Waals surface area contributed by atoms with Crippen LogP contribution < -0.4 is 0 Å². The summed E-state index contributed by atoms with van der Waals surface area (Å²) in [5.74, 6) is 0.516. The van der Waals surface area contributed by atoms with Gasteiger partial charge in [-0.15, -0.1) is 0 Å². The van der Waals surface area contributed by atoms with Gasteiger partial charge in [-0.1, -0.05) is 26.0 Å². The first-order valence-electron chi connectivity index (χ1n) is 6.07. The van der Waals surface area contributed by atoms with Gasteiger partial charge in [0.05, 0.1) is 0 Å². The van der Waals surface area contributed by atoms with Crippen LogP contribution in [-0.4, -0.2) is 11.3 Å². The van der Waals surface area contributed by atoms with E-state index in [-0.39, 0.29) is 12.6 Å². The van der Waals surface area contributed by atoms with Gasteiger partial charge in [0.1, 0.15) is 0 Å². The van der Waals surface area contributed by atoms with E-state index in [1.807, 2.05) is 6.92 Å². The Morgan fingerprint density at radius 1 is 1.18 bits per heavy atom. The van der Waals surface area contributed by atoms with E-state index < -0.39 is 0 Å². The monoisotopic (exact) mass is 231 g/mol. The highest BCUT2D eigenvalue weighted by Crippen LogP contribution is 2.33. The number of hydrogen-bond donors (Lipinski definition) is 1. The quantitative estimate of drug-likeness (QED) is 0.855. The lowest BCUT2D eigenvalue weighted by Crippen LogP contribution is -2.31. The first kappa shape index (κ1) is 10.8. The second-order valence-electron chi connectivity index (χ2n) is 4.90. The molecule has 3 nitrogen and oxygen atoms in total. The van der Waals surface area contributed by atoms with Gasteiger partial charge in [-0.3, -0.25) is 0 Å². The molecule has 3 heteroatoms. The largest absolute Gasteiger partial charge is 0.358 e. The Balaban J connectivity index is 1.95. The summed E-state index contributed by atoms with van der Waals surface area (Å²) < 4.78 is 11.0. The summed E-state index contributed by atoms with van der Waals surface area (Å²) in [7, 11) is 0. The third-order valence-electron chi connectivity index (χ3n) is 3.19. The van der Waals surface area contributed by atoms with Crippen molar-refractivity contribution in [3.05, 3.63) is 35.5 Å². The Morgan fingerprint density at radius 2 is 1.94 bits per heavy atom. The van der Waals surface area contributed by atoms with E-state index in [4.69, 9.17) is 9.47 Å². The zero-order chi connectivity index (χ0) is 12.0. The molecule has 17 heavy (non-hydrogen) atoms. The topological polar surface area (TPSA) is 34.2 Å². The smallest absolute Gasteiger partial charge is 0.189 e. The molecule has 1 saturated heterocycles. The number of nitrogens with one attached hydrogen (secondary N) is 1. The minimum absolute atomic E-state index is 0.0782. The van der Waals surface area contributed by atoms with Gasteiger partial charge in [-0.25, -0.2) is 0 Å². The molecule has 1 aromatic heterocycles. The Morgan fingerprint density at radius 3 is 2.59 bits per heavy atom. The van der Waals surface area contributed by atoms with Crippen LogP contribution in [0.4, 0.5) is 0 Å². The van der Waals surface area contributed by atoms with Gasteiger partial charge in [-0.05, 0) is 30.4 Å². The van der Waals surface area contributed by atoms with Crippen molar-refractivity contribution in [1.29, 1.82) is 0 Å². The molecule has 3 rings (SSSR count). The Kier molecular flexibility index (Phi) is 2.45. The number of aromatic amines is 1. The van der Waals surface area contributed by atoms with Crippen LogP contribution in [0, 0.1) is 0 Å². The number of ether oxygens (including phenoxy) is 2. The first-order chi connectivity index (χ1) is 8.13. The average Bonchev–Trinajstić information content (AvgIpc) is 2.67. The van der Waals surface area contributed by atoms with Crippen molar-refractivity contribution in [3.63, 3.8) is 0 Å². The van der Waals surface area contributed by atoms with E-state index in [1.54, 1.807) is 0 Å². The van der Waals surface area contributed by atoms with Crippen LogP contribution in [0.5, 0.6) is 0 Å². The standard InChI is InChI=1S/C14H17NO2/c1-8(2)12-6-10-4-5-11(7-13(10)15-12)14-16-9(3)17-14/h4-9,14-15H,1-3H3. The van der Waals surface area contributed by atoms with Gasteiger partial charge in [0, 0.05) is 16.8 Å². The number of benzene rings is 1. The fraction of sp³-hybridized carbons (Fsp3) is 0.429. The van der Waals surface area contributed by atoms with Crippen LogP contribution in [0.15, 0.2) is 24.3 Å². The molecule has 0 radical (unpaired) electrons. The minimum Gasteiger partial charge on any atom is -0.358 e. The van der Waals surface area contributed by atoms with E-state index in [0.717, 1.165) is 11.1 Å². The zero-order valence-corrected chi connectivity index (χ0v) is 10.4. The molecule has 0 saturated carbocycles. The van der Waals surface area contributed by atoms with Crippen molar-refractivity contribution < 1.29 is 9.47 Å². The maximum absolute atomic E-state index is 5.49. The lowest BCUT2D eigenvalue weighted by molar-refractivity contribution is -0.382. The Labute approximate surface area is 101 Å². The van der Waals surface area contributed by atoms with Crippen molar-refractivity contribution in [2.75, 3.05) is 0 Å². The molecule has 1 aromatic carbocycles. The summed E-state index contributed by atoms with van der Waals surface area (Å²) in [6.45, 7) is 6.28. The summed E-state index contributed by atoms with van der Waals surface area (Å²) in [4.78, 5) is 3.44. The molecule has 2 aromatic rings. The molecular weight excluding hydrogens is 214 g/mol. The normalized spacial score (nSPS) is 24.2. The van der Waals surface area contributed by atoms with E-state index in [1.165, 1.54) is 11.1 Å². The van der Waals surface area contributed by atoms with E-state index in [0.29, 0.717) is 5.92 Å². The number of hydrogen-bond acceptors (Lipinski definition) is 2. The molecule has 90 valence electrons. The molecule has 2 heterocycles. The second-order valence-corrected chi connectivity index (χ2v) is 4.90.